The van der Waals surface area contributed by atoms with Crippen LogP contribution < -0.4 is 10.5 Å². The zero-order valence-corrected chi connectivity index (χ0v) is 15.7. The molecule has 4 heterocycles. The number of rotatable bonds is 3. The summed E-state index contributed by atoms with van der Waals surface area (Å²) in [5.41, 5.74) is 3.93. The fraction of sp³-hybridized carbons (Fsp3) is 0.550. The number of fused-ring (bicyclic) bond motifs is 1. The Kier molecular flexibility index (Phi) is 4.76. The summed E-state index contributed by atoms with van der Waals surface area (Å²) in [4.78, 5) is 29.6. The van der Waals surface area contributed by atoms with Crippen molar-refractivity contribution in [3.8, 4) is 0 Å². The van der Waals surface area contributed by atoms with Gasteiger partial charge in [-0.3, -0.25) is 19.7 Å². The molecule has 1 fully saturated rings. The minimum atomic E-state index is 0.0385. The lowest BCUT2D eigenvalue weighted by Crippen LogP contribution is -2.39. The molecule has 6 nitrogen and oxygen atoms in total. The third kappa shape index (κ3) is 3.65. The van der Waals surface area contributed by atoms with Crippen LogP contribution in [0.3, 0.4) is 0 Å². The highest BCUT2D eigenvalue weighted by atomic mass is 16.1. The summed E-state index contributed by atoms with van der Waals surface area (Å²) in [6.07, 6.45) is 3.16. The second kappa shape index (κ2) is 7.19. The maximum atomic E-state index is 12.6. The average molecular weight is 353 g/mol. The quantitative estimate of drug-likeness (QED) is 0.917. The maximum absolute atomic E-state index is 12.6. The van der Waals surface area contributed by atoms with E-state index in [1.54, 1.807) is 0 Å². The Bertz CT molecular complexity index is 846. The van der Waals surface area contributed by atoms with Crippen LogP contribution >= 0.6 is 0 Å². The van der Waals surface area contributed by atoms with Crippen LogP contribution in [-0.2, 0) is 19.5 Å². The van der Waals surface area contributed by atoms with Gasteiger partial charge in [-0.2, -0.15) is 0 Å². The number of nitrogens with zero attached hydrogens (tertiary/aromatic N) is 4. The number of H-pyrrole nitrogens is 1. The van der Waals surface area contributed by atoms with Crippen LogP contribution in [0, 0.1) is 12.8 Å². The summed E-state index contributed by atoms with van der Waals surface area (Å²) in [6.45, 7) is 8.60. The van der Waals surface area contributed by atoms with Crippen molar-refractivity contribution in [2.24, 2.45) is 5.92 Å². The molecule has 6 heteroatoms. The summed E-state index contributed by atoms with van der Waals surface area (Å²) in [6, 6.07) is 6.13. The third-order valence-electron chi connectivity index (χ3n) is 5.43. The Morgan fingerprint density at radius 3 is 2.96 bits per heavy atom. The van der Waals surface area contributed by atoms with E-state index in [-0.39, 0.29) is 5.56 Å². The van der Waals surface area contributed by atoms with Gasteiger partial charge in [0.05, 0.1) is 11.4 Å². The molecule has 138 valence electrons. The topological polar surface area (TPSA) is 65.1 Å². The highest BCUT2D eigenvalue weighted by Gasteiger charge is 2.24. The van der Waals surface area contributed by atoms with Gasteiger partial charge in [0.25, 0.3) is 5.56 Å². The minimum absolute atomic E-state index is 0.0385. The lowest BCUT2D eigenvalue weighted by atomic mass is 10.0. The summed E-state index contributed by atoms with van der Waals surface area (Å²) < 4.78 is 0. The largest absolute Gasteiger partial charge is 0.342 e. The number of nitrogens with one attached hydrogen (secondary N) is 1. The molecule has 26 heavy (non-hydrogen) atoms. The van der Waals surface area contributed by atoms with Gasteiger partial charge in [-0.05, 0) is 44.2 Å². The van der Waals surface area contributed by atoms with E-state index in [2.05, 4.69) is 32.8 Å². The normalized spacial score (nSPS) is 20.8. The van der Waals surface area contributed by atoms with E-state index in [1.807, 2.05) is 19.1 Å². The van der Waals surface area contributed by atoms with Gasteiger partial charge in [-0.25, -0.2) is 4.98 Å². The van der Waals surface area contributed by atoms with Gasteiger partial charge >= 0.3 is 0 Å². The van der Waals surface area contributed by atoms with Gasteiger partial charge in [0, 0.05) is 44.0 Å². The Morgan fingerprint density at radius 2 is 2.15 bits per heavy atom. The predicted molar refractivity (Wildman–Crippen MR) is 102 cm³/mol. The van der Waals surface area contributed by atoms with Crippen LogP contribution in [0.2, 0.25) is 0 Å². The predicted octanol–water partition coefficient (Wildman–Crippen LogP) is 2.27. The Balaban J connectivity index is 1.54. The van der Waals surface area contributed by atoms with E-state index in [0.29, 0.717) is 12.5 Å². The Morgan fingerprint density at radius 1 is 1.27 bits per heavy atom. The second-order valence-corrected chi connectivity index (χ2v) is 7.74. The van der Waals surface area contributed by atoms with Crippen molar-refractivity contribution in [2.75, 3.05) is 24.5 Å². The smallest absolute Gasteiger partial charge is 0.255 e. The molecule has 1 saturated heterocycles. The molecule has 4 rings (SSSR count). The molecule has 0 bridgehead atoms. The summed E-state index contributed by atoms with van der Waals surface area (Å²) >= 11 is 0. The SMILES string of the molecule is Cc1cccc(CN2CCc3c(nc(N4CCC[C@@H](C)C4)[nH]c3=O)C2)n1. The number of hydrogen-bond donors (Lipinski definition) is 1. The van der Waals surface area contributed by atoms with Crippen molar-refractivity contribution >= 4 is 5.95 Å². The van der Waals surface area contributed by atoms with Gasteiger partial charge in [0.1, 0.15) is 0 Å². The lowest BCUT2D eigenvalue weighted by molar-refractivity contribution is 0.237. The molecule has 0 radical (unpaired) electrons. The molecule has 0 unspecified atom stereocenters. The Hall–Kier alpha value is -2.21. The van der Waals surface area contributed by atoms with E-state index >= 15 is 0 Å². The first-order chi connectivity index (χ1) is 12.6. The number of pyridine rings is 1. The molecule has 1 N–H and O–H groups in total. The van der Waals surface area contributed by atoms with Crippen LogP contribution in [0.15, 0.2) is 23.0 Å². The molecule has 0 aliphatic carbocycles. The second-order valence-electron chi connectivity index (χ2n) is 7.74. The molecule has 2 aliphatic rings. The van der Waals surface area contributed by atoms with E-state index in [0.717, 1.165) is 67.6 Å². The van der Waals surface area contributed by atoms with E-state index in [4.69, 9.17) is 4.98 Å². The summed E-state index contributed by atoms with van der Waals surface area (Å²) in [7, 11) is 0. The van der Waals surface area contributed by atoms with Crippen LogP contribution in [-0.4, -0.2) is 39.5 Å². The first-order valence-corrected chi connectivity index (χ1v) is 9.60. The maximum Gasteiger partial charge on any atom is 0.255 e. The van der Waals surface area contributed by atoms with E-state index in [9.17, 15) is 4.79 Å². The molecular weight excluding hydrogens is 326 g/mol. The van der Waals surface area contributed by atoms with Gasteiger partial charge < -0.3 is 4.90 Å². The first-order valence-electron chi connectivity index (χ1n) is 9.60. The summed E-state index contributed by atoms with van der Waals surface area (Å²) in [5, 5.41) is 0. The highest BCUT2D eigenvalue weighted by molar-refractivity contribution is 5.35. The van der Waals surface area contributed by atoms with Crippen molar-refractivity contribution in [3.05, 3.63) is 51.2 Å². The molecule has 0 aromatic carbocycles. The van der Waals surface area contributed by atoms with E-state index < -0.39 is 0 Å². The van der Waals surface area contributed by atoms with Gasteiger partial charge in [-0.15, -0.1) is 0 Å². The van der Waals surface area contributed by atoms with Gasteiger partial charge in [0.2, 0.25) is 5.95 Å². The van der Waals surface area contributed by atoms with Crippen LogP contribution in [0.25, 0.3) is 0 Å². The average Bonchev–Trinajstić information content (AvgIpc) is 2.61. The molecule has 1 atom stereocenters. The van der Waals surface area contributed by atoms with E-state index in [1.165, 1.54) is 6.42 Å². The number of aryl methyl sites for hydroxylation is 1. The van der Waals surface area contributed by atoms with Crippen molar-refractivity contribution in [3.63, 3.8) is 0 Å². The van der Waals surface area contributed by atoms with Gasteiger partial charge in [0.15, 0.2) is 0 Å². The fourth-order valence-electron chi connectivity index (χ4n) is 4.06. The fourth-order valence-corrected chi connectivity index (χ4v) is 4.06. The number of anilines is 1. The lowest BCUT2D eigenvalue weighted by Gasteiger charge is -2.33. The number of aromatic nitrogens is 3. The monoisotopic (exact) mass is 353 g/mol. The van der Waals surface area contributed by atoms with Crippen LogP contribution in [0.5, 0.6) is 0 Å². The van der Waals surface area contributed by atoms with Crippen LogP contribution in [0.1, 0.15) is 42.4 Å². The molecule has 2 aromatic heterocycles. The number of aromatic amines is 1. The molecule has 0 saturated carbocycles. The molecule has 2 aromatic rings. The standard InChI is InChI=1S/C20H27N5O/c1-14-5-4-9-25(11-14)20-22-18-13-24(10-8-17(18)19(26)23-20)12-16-7-3-6-15(2)21-16/h3,6-7,14H,4-5,8-13H2,1-2H3,(H,22,23,26)/t14-/m1/s1. The molecular formula is C20H27N5O. The molecule has 2 aliphatic heterocycles. The number of piperidine rings is 1. The van der Waals surface area contributed by atoms with Crippen molar-refractivity contribution < 1.29 is 0 Å². The molecule has 0 amide bonds. The van der Waals surface area contributed by atoms with Crippen LogP contribution in [0.4, 0.5) is 5.95 Å². The summed E-state index contributed by atoms with van der Waals surface area (Å²) in [5.74, 6) is 1.39. The minimum Gasteiger partial charge on any atom is -0.342 e. The first kappa shape index (κ1) is 17.2. The van der Waals surface area contributed by atoms with Gasteiger partial charge in [-0.1, -0.05) is 13.0 Å². The zero-order chi connectivity index (χ0) is 18.1. The molecule has 0 spiro atoms. The Labute approximate surface area is 154 Å². The van der Waals surface area contributed by atoms with Crippen molar-refractivity contribution in [1.29, 1.82) is 0 Å². The van der Waals surface area contributed by atoms with Crippen molar-refractivity contribution in [2.45, 2.75) is 46.2 Å². The zero-order valence-electron chi connectivity index (χ0n) is 15.7. The third-order valence-corrected chi connectivity index (χ3v) is 5.43. The highest BCUT2D eigenvalue weighted by Crippen LogP contribution is 2.22. The number of hydrogen-bond acceptors (Lipinski definition) is 5. The van der Waals surface area contributed by atoms with Crippen molar-refractivity contribution in [1.82, 2.24) is 19.9 Å².